The number of ether oxygens (including phenoxy) is 2. The van der Waals surface area contributed by atoms with Gasteiger partial charge in [0.15, 0.2) is 0 Å². The maximum atomic E-state index is 12.3. The number of allylic oxidation sites excluding steroid dienone is 1. The Kier molecular flexibility index (Phi) is 3.15. The van der Waals surface area contributed by atoms with Crippen LogP contribution in [-0.4, -0.2) is 19.2 Å². The third kappa shape index (κ3) is 1.95. The number of cyclic esters (lactones) is 1. The lowest BCUT2D eigenvalue weighted by Gasteiger charge is -2.60. The molecule has 5 atom stereocenters. The predicted octanol–water partition coefficient (Wildman–Crippen LogP) is 4.20. The van der Waals surface area contributed by atoms with Gasteiger partial charge in [0, 0.05) is 22.5 Å². The molecule has 1 spiro atoms. The zero-order chi connectivity index (χ0) is 17.2. The summed E-state index contributed by atoms with van der Waals surface area (Å²) in [5.74, 6) is 0.666. The van der Waals surface area contributed by atoms with Crippen molar-refractivity contribution in [2.75, 3.05) is 13.2 Å². The Bertz CT molecular complexity index is 761. The summed E-state index contributed by atoms with van der Waals surface area (Å²) in [6.07, 6.45) is 9.53. The van der Waals surface area contributed by atoms with Crippen LogP contribution in [0, 0.1) is 22.7 Å². The lowest BCUT2D eigenvalue weighted by Crippen LogP contribution is -2.56. The van der Waals surface area contributed by atoms with Crippen LogP contribution in [0.1, 0.15) is 44.3 Å². The molecule has 2 aliphatic heterocycles. The van der Waals surface area contributed by atoms with Crippen LogP contribution in [0.25, 0.3) is 0 Å². The molecule has 1 aromatic heterocycles. The van der Waals surface area contributed by atoms with Gasteiger partial charge in [-0.1, -0.05) is 25.2 Å². The maximum Gasteiger partial charge on any atom is 0.334 e. The molecular weight excluding hydrogens is 316 g/mol. The van der Waals surface area contributed by atoms with Crippen LogP contribution in [0.5, 0.6) is 0 Å². The van der Waals surface area contributed by atoms with Crippen LogP contribution < -0.4 is 0 Å². The monoisotopic (exact) mass is 340 g/mol. The van der Waals surface area contributed by atoms with Gasteiger partial charge in [-0.25, -0.2) is 4.79 Å². The van der Waals surface area contributed by atoms with Gasteiger partial charge in [-0.15, -0.1) is 0 Å². The van der Waals surface area contributed by atoms with Gasteiger partial charge in [0.2, 0.25) is 0 Å². The van der Waals surface area contributed by atoms with Gasteiger partial charge in [0.1, 0.15) is 6.61 Å². The summed E-state index contributed by atoms with van der Waals surface area (Å²) >= 11 is 0. The minimum absolute atomic E-state index is 0.0512. The average Bonchev–Trinajstić information content (AvgIpc) is 3.23. The van der Waals surface area contributed by atoms with E-state index >= 15 is 0 Å². The van der Waals surface area contributed by atoms with Crippen molar-refractivity contribution in [2.24, 2.45) is 22.7 Å². The summed E-state index contributed by atoms with van der Waals surface area (Å²) in [5, 5.41) is 0. The van der Waals surface area contributed by atoms with Gasteiger partial charge in [-0.3, -0.25) is 0 Å². The van der Waals surface area contributed by atoms with Gasteiger partial charge in [-0.05, 0) is 43.1 Å². The van der Waals surface area contributed by atoms with Crippen LogP contribution >= 0.6 is 0 Å². The van der Waals surface area contributed by atoms with Crippen molar-refractivity contribution in [3.63, 3.8) is 0 Å². The normalized spacial score (nSPS) is 42.9. The lowest BCUT2D eigenvalue weighted by atomic mass is 9.45. The van der Waals surface area contributed by atoms with Gasteiger partial charge in [-0.2, -0.15) is 0 Å². The van der Waals surface area contributed by atoms with E-state index in [1.54, 1.807) is 12.5 Å². The van der Waals surface area contributed by atoms with Crippen LogP contribution in [0.4, 0.5) is 0 Å². The summed E-state index contributed by atoms with van der Waals surface area (Å²) in [6, 6.07) is 2.00. The van der Waals surface area contributed by atoms with E-state index in [4.69, 9.17) is 13.9 Å². The van der Waals surface area contributed by atoms with Crippen molar-refractivity contribution in [1.82, 2.24) is 0 Å². The van der Waals surface area contributed by atoms with Crippen LogP contribution in [-0.2, 0) is 14.3 Å². The van der Waals surface area contributed by atoms with E-state index in [-0.39, 0.29) is 22.9 Å². The number of hydrogen-bond donors (Lipinski definition) is 0. The molecule has 1 saturated carbocycles. The Morgan fingerprint density at radius 1 is 1.36 bits per heavy atom. The zero-order valence-electron chi connectivity index (χ0n) is 14.6. The number of carbonyl (C=O) groups is 1. The first-order chi connectivity index (χ1) is 12.0. The van der Waals surface area contributed by atoms with Gasteiger partial charge < -0.3 is 13.9 Å². The third-order valence-corrected chi connectivity index (χ3v) is 7.32. The van der Waals surface area contributed by atoms with E-state index in [1.165, 1.54) is 5.57 Å². The molecule has 4 heteroatoms. The van der Waals surface area contributed by atoms with Crippen molar-refractivity contribution in [3.05, 3.63) is 48.0 Å². The van der Waals surface area contributed by atoms with Crippen molar-refractivity contribution in [1.29, 1.82) is 0 Å². The van der Waals surface area contributed by atoms with Gasteiger partial charge in [0.05, 0.1) is 25.2 Å². The smallest absolute Gasteiger partial charge is 0.334 e. The number of rotatable bonds is 1. The first kappa shape index (κ1) is 15.4. The molecule has 4 nitrogen and oxygen atoms in total. The van der Waals surface area contributed by atoms with E-state index in [0.29, 0.717) is 25.0 Å². The molecule has 0 aromatic carbocycles. The molecule has 0 amide bonds. The predicted molar refractivity (Wildman–Crippen MR) is 91.6 cm³/mol. The zero-order valence-corrected chi connectivity index (χ0v) is 14.6. The number of furan rings is 1. The number of fused-ring (bicyclic) bond motifs is 2. The summed E-state index contributed by atoms with van der Waals surface area (Å²) in [7, 11) is 0. The van der Waals surface area contributed by atoms with Crippen molar-refractivity contribution < 1.29 is 18.7 Å². The highest BCUT2D eigenvalue weighted by Gasteiger charge is 2.64. The topological polar surface area (TPSA) is 48.7 Å². The molecule has 3 heterocycles. The third-order valence-electron chi connectivity index (χ3n) is 7.32. The lowest BCUT2D eigenvalue weighted by molar-refractivity contribution is -0.144. The van der Waals surface area contributed by atoms with Gasteiger partial charge >= 0.3 is 5.97 Å². The molecule has 0 bridgehead atoms. The molecule has 5 rings (SSSR count). The number of esters is 1. The van der Waals surface area contributed by atoms with Gasteiger partial charge in [0.25, 0.3) is 0 Å². The molecule has 3 fully saturated rings. The number of carbonyl (C=O) groups excluding carboxylic acids is 1. The maximum absolute atomic E-state index is 12.3. The molecule has 1 aromatic rings. The minimum Gasteiger partial charge on any atom is -0.472 e. The second-order valence-corrected chi connectivity index (χ2v) is 8.46. The minimum atomic E-state index is -0.171. The summed E-state index contributed by atoms with van der Waals surface area (Å²) < 4.78 is 17.0. The molecule has 4 aliphatic rings. The van der Waals surface area contributed by atoms with Crippen molar-refractivity contribution in [3.8, 4) is 0 Å². The van der Waals surface area contributed by atoms with Crippen LogP contribution in [0.2, 0.25) is 0 Å². The SMILES string of the molecule is C=C1CC23COC(=O)C2=CCCC3C2(C)CC(c3ccoc3)OCC12. The van der Waals surface area contributed by atoms with E-state index in [9.17, 15) is 4.79 Å². The van der Waals surface area contributed by atoms with Crippen LogP contribution in [0.15, 0.2) is 46.8 Å². The summed E-state index contributed by atoms with van der Waals surface area (Å²) in [6.45, 7) is 8.01. The molecule has 2 saturated heterocycles. The second kappa shape index (κ2) is 5.10. The first-order valence-electron chi connectivity index (χ1n) is 9.24. The largest absolute Gasteiger partial charge is 0.472 e. The number of hydrogen-bond acceptors (Lipinski definition) is 4. The Morgan fingerprint density at radius 3 is 3.04 bits per heavy atom. The fourth-order valence-electron chi connectivity index (χ4n) is 6.20. The summed E-state index contributed by atoms with van der Waals surface area (Å²) in [4.78, 5) is 12.3. The molecule has 0 N–H and O–H groups in total. The van der Waals surface area contributed by atoms with E-state index in [1.807, 2.05) is 6.07 Å². The Morgan fingerprint density at radius 2 is 2.24 bits per heavy atom. The highest BCUT2D eigenvalue weighted by molar-refractivity contribution is 5.92. The Labute approximate surface area is 147 Å². The summed E-state index contributed by atoms with van der Waals surface area (Å²) in [5.41, 5.74) is 3.13. The van der Waals surface area contributed by atoms with E-state index in [0.717, 1.165) is 36.8 Å². The molecule has 25 heavy (non-hydrogen) atoms. The quantitative estimate of drug-likeness (QED) is 0.568. The van der Waals surface area contributed by atoms with E-state index in [2.05, 4.69) is 19.6 Å². The highest BCUT2D eigenvalue weighted by atomic mass is 16.5. The molecule has 132 valence electrons. The highest BCUT2D eigenvalue weighted by Crippen LogP contribution is 2.67. The fourth-order valence-corrected chi connectivity index (χ4v) is 6.20. The first-order valence-corrected chi connectivity index (χ1v) is 9.24. The molecule has 5 unspecified atom stereocenters. The second-order valence-electron chi connectivity index (χ2n) is 8.46. The van der Waals surface area contributed by atoms with Crippen molar-refractivity contribution >= 4 is 5.97 Å². The van der Waals surface area contributed by atoms with Crippen molar-refractivity contribution in [2.45, 2.75) is 38.7 Å². The Hall–Kier alpha value is -1.81. The van der Waals surface area contributed by atoms with E-state index < -0.39 is 0 Å². The average molecular weight is 340 g/mol. The molecular formula is C21H24O4. The van der Waals surface area contributed by atoms with Crippen LogP contribution in [0.3, 0.4) is 0 Å². The Balaban J connectivity index is 1.57. The molecule has 2 aliphatic carbocycles. The fraction of sp³-hybridized carbons (Fsp3) is 0.571. The molecule has 0 radical (unpaired) electrons. The standard InChI is InChI=1S/C21H24O4/c1-13-8-21-12-25-19(22)15(21)4-3-5-18(21)20(2)9-17(24-11-16(13)20)14-6-7-23-10-14/h4,6-7,10,16-18H,1,3,5,8-9,11-12H2,2H3.